The standard InChI is InChI=1S/C7H6F3NO2S/c1-13-2-5-11-4(3-14-5)6(12)7(8,9)10/h3H,2H2,1H3. The smallest absolute Gasteiger partial charge is 0.378 e. The number of nitrogens with zero attached hydrogens (tertiary/aromatic N) is 1. The first-order valence-electron chi connectivity index (χ1n) is 3.50. The summed E-state index contributed by atoms with van der Waals surface area (Å²) in [5.41, 5.74) is -0.574. The van der Waals surface area contributed by atoms with Crippen LogP contribution in [0, 0.1) is 0 Å². The first kappa shape index (κ1) is 11.1. The lowest BCUT2D eigenvalue weighted by Gasteiger charge is -2.00. The van der Waals surface area contributed by atoms with E-state index in [9.17, 15) is 18.0 Å². The van der Waals surface area contributed by atoms with Crippen molar-refractivity contribution < 1.29 is 22.7 Å². The lowest BCUT2D eigenvalue weighted by molar-refractivity contribution is -0.0888. The van der Waals surface area contributed by atoms with Gasteiger partial charge in [0.05, 0.1) is 6.61 Å². The number of ketones is 1. The number of thiazole rings is 1. The Bertz CT molecular complexity index is 334. The third kappa shape index (κ3) is 2.52. The fraction of sp³-hybridized carbons (Fsp3) is 0.429. The van der Waals surface area contributed by atoms with Gasteiger partial charge in [-0.3, -0.25) is 4.79 Å². The van der Waals surface area contributed by atoms with Crippen LogP contribution in [0.5, 0.6) is 0 Å². The molecule has 3 nitrogen and oxygen atoms in total. The summed E-state index contributed by atoms with van der Waals surface area (Å²) in [7, 11) is 1.40. The minimum atomic E-state index is -4.86. The average Bonchev–Trinajstić information content (AvgIpc) is 2.50. The molecule has 1 aromatic rings. The van der Waals surface area contributed by atoms with Crippen molar-refractivity contribution in [1.82, 2.24) is 4.98 Å². The van der Waals surface area contributed by atoms with E-state index >= 15 is 0 Å². The van der Waals surface area contributed by atoms with Crippen LogP contribution in [0.2, 0.25) is 0 Å². The van der Waals surface area contributed by atoms with Crippen molar-refractivity contribution in [3.05, 3.63) is 16.1 Å². The molecule has 0 fully saturated rings. The van der Waals surface area contributed by atoms with Crippen LogP contribution in [-0.4, -0.2) is 24.1 Å². The van der Waals surface area contributed by atoms with E-state index in [2.05, 4.69) is 9.72 Å². The number of Topliss-reactive ketones (excluding diaryl/α,β-unsaturated/α-hetero) is 1. The number of ether oxygens (including phenoxy) is 1. The minimum absolute atomic E-state index is 0.107. The number of hydrogen-bond acceptors (Lipinski definition) is 4. The van der Waals surface area contributed by atoms with E-state index in [1.807, 2.05) is 0 Å². The van der Waals surface area contributed by atoms with Gasteiger partial charge in [-0.05, 0) is 0 Å². The first-order chi connectivity index (χ1) is 6.45. The second-order valence-electron chi connectivity index (χ2n) is 2.39. The van der Waals surface area contributed by atoms with Gasteiger partial charge in [0.1, 0.15) is 10.7 Å². The molecule has 0 aliphatic carbocycles. The second-order valence-corrected chi connectivity index (χ2v) is 3.33. The summed E-state index contributed by atoms with van der Waals surface area (Å²) >= 11 is 0.962. The van der Waals surface area contributed by atoms with E-state index in [4.69, 9.17) is 0 Å². The highest BCUT2D eigenvalue weighted by atomic mass is 32.1. The molecule has 14 heavy (non-hydrogen) atoms. The number of carbonyl (C=O) groups is 1. The van der Waals surface area contributed by atoms with Crippen molar-refractivity contribution in [2.75, 3.05) is 7.11 Å². The molecule has 0 N–H and O–H groups in total. The van der Waals surface area contributed by atoms with Crippen LogP contribution < -0.4 is 0 Å². The van der Waals surface area contributed by atoms with E-state index < -0.39 is 17.7 Å². The maximum absolute atomic E-state index is 11.9. The molecular weight excluding hydrogens is 219 g/mol. The zero-order valence-corrected chi connectivity index (χ0v) is 7.91. The van der Waals surface area contributed by atoms with Crippen molar-refractivity contribution in [1.29, 1.82) is 0 Å². The van der Waals surface area contributed by atoms with E-state index in [1.54, 1.807) is 0 Å². The van der Waals surface area contributed by atoms with Gasteiger partial charge >= 0.3 is 6.18 Å². The Morgan fingerprint density at radius 1 is 1.64 bits per heavy atom. The largest absolute Gasteiger partial charge is 0.456 e. The van der Waals surface area contributed by atoms with Crippen LogP contribution in [0.4, 0.5) is 13.2 Å². The number of halogens is 3. The lowest BCUT2D eigenvalue weighted by Crippen LogP contribution is -2.23. The van der Waals surface area contributed by atoms with Crippen molar-refractivity contribution in [2.45, 2.75) is 12.8 Å². The Hall–Kier alpha value is -0.950. The molecule has 0 spiro atoms. The van der Waals surface area contributed by atoms with Gasteiger partial charge in [0, 0.05) is 12.5 Å². The van der Waals surface area contributed by atoms with Gasteiger partial charge in [-0.15, -0.1) is 11.3 Å². The predicted octanol–water partition coefficient (Wildman–Crippen LogP) is 2.03. The maximum atomic E-state index is 11.9. The molecule has 0 aromatic carbocycles. The summed E-state index contributed by atoms with van der Waals surface area (Å²) in [6, 6.07) is 0. The highest BCUT2D eigenvalue weighted by molar-refractivity contribution is 7.09. The molecule has 0 bridgehead atoms. The monoisotopic (exact) mass is 225 g/mol. The average molecular weight is 225 g/mol. The quantitative estimate of drug-likeness (QED) is 0.739. The lowest BCUT2D eigenvalue weighted by atomic mass is 10.3. The van der Waals surface area contributed by atoms with Crippen LogP contribution in [0.1, 0.15) is 15.5 Å². The van der Waals surface area contributed by atoms with Gasteiger partial charge in [-0.1, -0.05) is 0 Å². The second kappa shape index (κ2) is 4.05. The number of aromatic nitrogens is 1. The van der Waals surface area contributed by atoms with E-state index in [0.29, 0.717) is 5.01 Å². The van der Waals surface area contributed by atoms with Crippen molar-refractivity contribution in [2.24, 2.45) is 0 Å². The number of hydrogen-bond donors (Lipinski definition) is 0. The zero-order valence-electron chi connectivity index (χ0n) is 7.09. The Balaban J connectivity index is 2.82. The molecule has 0 saturated carbocycles. The predicted molar refractivity (Wildman–Crippen MR) is 43.2 cm³/mol. The SMILES string of the molecule is COCc1nc(C(=O)C(F)(F)F)cs1. The molecular formula is C7H6F3NO2S. The first-order valence-corrected chi connectivity index (χ1v) is 4.38. The summed E-state index contributed by atoms with van der Waals surface area (Å²) in [6.45, 7) is 0.107. The number of alkyl halides is 3. The molecule has 7 heteroatoms. The van der Waals surface area contributed by atoms with E-state index in [1.165, 1.54) is 7.11 Å². The molecule has 0 aliphatic rings. The van der Waals surface area contributed by atoms with Crippen LogP contribution in [0.25, 0.3) is 0 Å². The molecule has 1 rings (SSSR count). The van der Waals surface area contributed by atoms with Crippen LogP contribution in [0.15, 0.2) is 5.38 Å². The van der Waals surface area contributed by atoms with Crippen molar-refractivity contribution >= 4 is 17.1 Å². The molecule has 0 unspecified atom stereocenters. The number of carbonyl (C=O) groups excluding carboxylic acids is 1. The Morgan fingerprint density at radius 2 is 2.29 bits per heavy atom. The Labute approximate surface area is 81.5 Å². The minimum Gasteiger partial charge on any atom is -0.378 e. The fourth-order valence-corrected chi connectivity index (χ4v) is 1.49. The molecule has 1 heterocycles. The Morgan fingerprint density at radius 3 is 2.79 bits per heavy atom. The van der Waals surface area contributed by atoms with Gasteiger partial charge < -0.3 is 4.74 Å². The highest BCUT2D eigenvalue weighted by Gasteiger charge is 2.40. The highest BCUT2D eigenvalue weighted by Crippen LogP contribution is 2.22. The molecule has 0 amide bonds. The molecule has 0 radical (unpaired) electrons. The van der Waals surface area contributed by atoms with Crippen molar-refractivity contribution in [3.8, 4) is 0 Å². The van der Waals surface area contributed by atoms with Gasteiger partial charge in [0.2, 0.25) is 0 Å². The Kier molecular flexibility index (Phi) is 3.22. The van der Waals surface area contributed by atoms with Gasteiger partial charge in [-0.2, -0.15) is 13.2 Å². The molecule has 0 atom stereocenters. The van der Waals surface area contributed by atoms with Gasteiger partial charge in [-0.25, -0.2) is 4.98 Å². The summed E-state index contributed by atoms with van der Waals surface area (Å²) in [4.78, 5) is 14.2. The third-order valence-electron chi connectivity index (χ3n) is 1.31. The summed E-state index contributed by atoms with van der Waals surface area (Å²) in [5.74, 6) is -1.92. The zero-order chi connectivity index (χ0) is 10.8. The topological polar surface area (TPSA) is 39.2 Å². The van der Waals surface area contributed by atoms with Crippen LogP contribution in [0.3, 0.4) is 0 Å². The maximum Gasteiger partial charge on any atom is 0.456 e. The third-order valence-corrected chi connectivity index (χ3v) is 2.13. The fourth-order valence-electron chi connectivity index (χ4n) is 0.750. The number of methoxy groups -OCH3 is 1. The normalized spacial score (nSPS) is 11.7. The summed E-state index contributed by atoms with van der Waals surface area (Å²) in [6.07, 6.45) is -4.86. The molecule has 0 saturated heterocycles. The molecule has 0 aliphatic heterocycles. The summed E-state index contributed by atoms with van der Waals surface area (Å²) in [5, 5.41) is 1.42. The van der Waals surface area contributed by atoms with Gasteiger partial charge in [0.15, 0.2) is 0 Å². The van der Waals surface area contributed by atoms with Crippen molar-refractivity contribution in [3.63, 3.8) is 0 Å². The van der Waals surface area contributed by atoms with Crippen LogP contribution >= 0.6 is 11.3 Å². The molecule has 1 aromatic heterocycles. The van der Waals surface area contributed by atoms with E-state index in [0.717, 1.165) is 16.7 Å². The van der Waals surface area contributed by atoms with Gasteiger partial charge in [0.25, 0.3) is 5.78 Å². The van der Waals surface area contributed by atoms with E-state index in [-0.39, 0.29) is 6.61 Å². The van der Waals surface area contributed by atoms with Crippen LogP contribution in [-0.2, 0) is 11.3 Å². The number of rotatable bonds is 3. The molecule has 78 valence electrons. The summed E-state index contributed by atoms with van der Waals surface area (Å²) < 4.78 is 40.4.